The first-order valence-electron chi connectivity index (χ1n) is 4.10. The second kappa shape index (κ2) is 4.07. The Kier molecular flexibility index (Phi) is 3.06. The van der Waals surface area contributed by atoms with Crippen molar-refractivity contribution >= 4 is 5.57 Å². The van der Waals surface area contributed by atoms with E-state index in [2.05, 4.69) is 6.58 Å². The standard InChI is InChI=1S/C11H14O/c1-9(8-12)10(2)11-6-4-3-5-7-11/h3-7,9,12H,2,8H2,1H3/t9-/m1/s1. The quantitative estimate of drug-likeness (QED) is 0.723. The third kappa shape index (κ3) is 1.95. The Balaban J connectivity index is 2.79. The highest BCUT2D eigenvalue weighted by Gasteiger charge is 2.05. The molecular weight excluding hydrogens is 148 g/mol. The van der Waals surface area contributed by atoms with Gasteiger partial charge in [0.25, 0.3) is 0 Å². The zero-order valence-electron chi connectivity index (χ0n) is 7.33. The van der Waals surface area contributed by atoms with Crippen LogP contribution in [0.4, 0.5) is 0 Å². The van der Waals surface area contributed by atoms with Crippen molar-refractivity contribution in [1.82, 2.24) is 0 Å². The first-order valence-corrected chi connectivity index (χ1v) is 4.10. The van der Waals surface area contributed by atoms with Gasteiger partial charge in [-0.1, -0.05) is 43.8 Å². The highest BCUT2D eigenvalue weighted by Crippen LogP contribution is 2.19. The molecule has 1 aromatic carbocycles. The Morgan fingerprint density at radius 1 is 1.42 bits per heavy atom. The van der Waals surface area contributed by atoms with Gasteiger partial charge in [-0.15, -0.1) is 0 Å². The lowest BCUT2D eigenvalue weighted by molar-refractivity contribution is 0.266. The molecule has 0 saturated heterocycles. The minimum atomic E-state index is 0.146. The van der Waals surface area contributed by atoms with E-state index in [1.165, 1.54) is 0 Å². The van der Waals surface area contributed by atoms with Crippen molar-refractivity contribution in [2.75, 3.05) is 6.61 Å². The van der Waals surface area contributed by atoms with E-state index in [1.807, 2.05) is 37.3 Å². The van der Waals surface area contributed by atoms with E-state index in [0.29, 0.717) is 0 Å². The van der Waals surface area contributed by atoms with Gasteiger partial charge >= 0.3 is 0 Å². The van der Waals surface area contributed by atoms with Crippen LogP contribution in [0.15, 0.2) is 36.9 Å². The summed E-state index contributed by atoms with van der Waals surface area (Å²) in [4.78, 5) is 0. The summed E-state index contributed by atoms with van der Waals surface area (Å²) in [5.74, 6) is 0.146. The van der Waals surface area contributed by atoms with Crippen molar-refractivity contribution in [3.63, 3.8) is 0 Å². The molecule has 12 heavy (non-hydrogen) atoms. The van der Waals surface area contributed by atoms with Gasteiger partial charge in [0.15, 0.2) is 0 Å². The molecule has 0 aromatic heterocycles. The van der Waals surface area contributed by atoms with E-state index in [0.717, 1.165) is 11.1 Å². The minimum absolute atomic E-state index is 0.146. The topological polar surface area (TPSA) is 20.2 Å². The van der Waals surface area contributed by atoms with E-state index in [1.54, 1.807) is 0 Å². The summed E-state index contributed by atoms with van der Waals surface area (Å²) in [6, 6.07) is 9.94. The molecule has 0 fully saturated rings. The molecule has 0 heterocycles. The summed E-state index contributed by atoms with van der Waals surface area (Å²) in [6.45, 7) is 6.06. The second-order valence-electron chi connectivity index (χ2n) is 2.97. The number of rotatable bonds is 3. The molecule has 0 saturated carbocycles. The fourth-order valence-electron chi connectivity index (χ4n) is 1.05. The van der Waals surface area contributed by atoms with Crippen LogP contribution in [-0.4, -0.2) is 11.7 Å². The van der Waals surface area contributed by atoms with Gasteiger partial charge in [0.1, 0.15) is 0 Å². The van der Waals surface area contributed by atoms with Gasteiger partial charge in [-0.05, 0) is 11.1 Å². The number of hydrogen-bond donors (Lipinski definition) is 1. The van der Waals surface area contributed by atoms with Crippen LogP contribution in [0.25, 0.3) is 5.57 Å². The highest BCUT2D eigenvalue weighted by atomic mass is 16.3. The molecule has 0 aliphatic heterocycles. The summed E-state index contributed by atoms with van der Waals surface area (Å²) in [7, 11) is 0. The zero-order valence-corrected chi connectivity index (χ0v) is 7.33. The number of aliphatic hydroxyl groups excluding tert-OH is 1. The normalized spacial score (nSPS) is 12.5. The number of aliphatic hydroxyl groups is 1. The van der Waals surface area contributed by atoms with Crippen LogP contribution in [0.3, 0.4) is 0 Å². The molecule has 0 amide bonds. The molecular formula is C11H14O. The van der Waals surface area contributed by atoms with Crippen LogP contribution in [0.2, 0.25) is 0 Å². The molecule has 64 valence electrons. The van der Waals surface area contributed by atoms with Crippen LogP contribution in [0, 0.1) is 5.92 Å². The highest BCUT2D eigenvalue weighted by molar-refractivity contribution is 5.64. The summed E-state index contributed by atoms with van der Waals surface area (Å²) in [5, 5.41) is 8.91. The molecule has 0 radical (unpaired) electrons. The molecule has 1 atom stereocenters. The maximum atomic E-state index is 8.91. The molecule has 0 spiro atoms. The lowest BCUT2D eigenvalue weighted by Crippen LogP contribution is -2.02. The van der Waals surface area contributed by atoms with Crippen molar-refractivity contribution in [3.05, 3.63) is 42.5 Å². The molecule has 0 unspecified atom stereocenters. The number of hydrogen-bond acceptors (Lipinski definition) is 1. The molecule has 1 rings (SSSR count). The van der Waals surface area contributed by atoms with Crippen molar-refractivity contribution in [2.24, 2.45) is 5.92 Å². The molecule has 1 heteroatoms. The smallest absolute Gasteiger partial charge is 0.0497 e. The van der Waals surface area contributed by atoms with Gasteiger partial charge in [-0.3, -0.25) is 0 Å². The van der Waals surface area contributed by atoms with Crippen molar-refractivity contribution in [3.8, 4) is 0 Å². The van der Waals surface area contributed by atoms with Gasteiger partial charge in [0.2, 0.25) is 0 Å². The fourth-order valence-corrected chi connectivity index (χ4v) is 1.05. The average molecular weight is 162 g/mol. The molecule has 0 aliphatic rings. The summed E-state index contributed by atoms with van der Waals surface area (Å²) >= 11 is 0. The van der Waals surface area contributed by atoms with E-state index in [9.17, 15) is 0 Å². The zero-order chi connectivity index (χ0) is 8.97. The van der Waals surface area contributed by atoms with Gasteiger partial charge < -0.3 is 5.11 Å². The molecule has 0 aliphatic carbocycles. The monoisotopic (exact) mass is 162 g/mol. The van der Waals surface area contributed by atoms with Crippen LogP contribution >= 0.6 is 0 Å². The molecule has 0 bridgehead atoms. The predicted octanol–water partition coefficient (Wildman–Crippen LogP) is 2.33. The van der Waals surface area contributed by atoms with Crippen molar-refractivity contribution in [1.29, 1.82) is 0 Å². The third-order valence-electron chi connectivity index (χ3n) is 2.01. The van der Waals surface area contributed by atoms with Gasteiger partial charge in [-0.25, -0.2) is 0 Å². The fraction of sp³-hybridized carbons (Fsp3) is 0.273. The van der Waals surface area contributed by atoms with E-state index in [4.69, 9.17) is 5.11 Å². The first kappa shape index (κ1) is 9.01. The summed E-state index contributed by atoms with van der Waals surface area (Å²) < 4.78 is 0. The van der Waals surface area contributed by atoms with E-state index < -0.39 is 0 Å². The Bertz CT molecular complexity index is 251. The minimum Gasteiger partial charge on any atom is -0.396 e. The SMILES string of the molecule is C=C(c1ccccc1)[C@H](C)CO. The van der Waals surface area contributed by atoms with Crippen molar-refractivity contribution in [2.45, 2.75) is 6.92 Å². The van der Waals surface area contributed by atoms with Crippen LogP contribution < -0.4 is 0 Å². The van der Waals surface area contributed by atoms with Gasteiger partial charge in [0.05, 0.1) is 0 Å². The summed E-state index contributed by atoms with van der Waals surface area (Å²) in [6.07, 6.45) is 0. The predicted molar refractivity (Wildman–Crippen MR) is 51.7 cm³/mol. The van der Waals surface area contributed by atoms with Crippen LogP contribution in [0.1, 0.15) is 12.5 Å². The second-order valence-corrected chi connectivity index (χ2v) is 2.97. The lowest BCUT2D eigenvalue weighted by Gasteiger charge is -2.11. The van der Waals surface area contributed by atoms with Crippen molar-refractivity contribution < 1.29 is 5.11 Å². The van der Waals surface area contributed by atoms with Gasteiger partial charge in [0, 0.05) is 12.5 Å². The Morgan fingerprint density at radius 3 is 2.50 bits per heavy atom. The average Bonchev–Trinajstić information content (AvgIpc) is 2.17. The molecule has 1 nitrogen and oxygen atoms in total. The first-order chi connectivity index (χ1) is 5.75. The van der Waals surface area contributed by atoms with Gasteiger partial charge in [-0.2, -0.15) is 0 Å². The Labute approximate surface area is 73.4 Å². The maximum Gasteiger partial charge on any atom is 0.0497 e. The number of benzene rings is 1. The Hall–Kier alpha value is -1.08. The van der Waals surface area contributed by atoms with E-state index >= 15 is 0 Å². The third-order valence-corrected chi connectivity index (χ3v) is 2.01. The molecule has 1 N–H and O–H groups in total. The largest absolute Gasteiger partial charge is 0.396 e. The Morgan fingerprint density at radius 2 is 2.00 bits per heavy atom. The summed E-state index contributed by atoms with van der Waals surface area (Å²) in [5.41, 5.74) is 2.11. The maximum absolute atomic E-state index is 8.91. The van der Waals surface area contributed by atoms with Crippen LogP contribution in [0.5, 0.6) is 0 Å². The lowest BCUT2D eigenvalue weighted by atomic mass is 9.96. The molecule has 1 aromatic rings. The van der Waals surface area contributed by atoms with E-state index in [-0.39, 0.29) is 12.5 Å². The van der Waals surface area contributed by atoms with Crippen LogP contribution in [-0.2, 0) is 0 Å².